The lowest BCUT2D eigenvalue weighted by Crippen LogP contribution is -2.44. The molecule has 3 rings (SSSR count). The summed E-state index contributed by atoms with van der Waals surface area (Å²) in [5.41, 5.74) is 1.28. The smallest absolute Gasteiger partial charge is 0.303 e. The molecule has 1 N–H and O–H groups in total. The molecule has 0 aliphatic carbocycles. The third-order valence-electron chi connectivity index (χ3n) is 4.07. The fraction of sp³-hybridized carbons (Fsp3) is 0.438. The average molecular weight is 334 g/mol. The summed E-state index contributed by atoms with van der Waals surface area (Å²) >= 11 is 1.41. The Hall–Kier alpha value is -2.15. The summed E-state index contributed by atoms with van der Waals surface area (Å²) in [5.74, 6) is -0.926. The zero-order valence-electron chi connectivity index (χ0n) is 12.6. The zero-order valence-corrected chi connectivity index (χ0v) is 13.4. The minimum absolute atomic E-state index is 0.00794. The van der Waals surface area contributed by atoms with Gasteiger partial charge in [0.25, 0.3) is 5.91 Å². The summed E-state index contributed by atoms with van der Waals surface area (Å²) in [4.78, 5) is 29.7. The highest BCUT2D eigenvalue weighted by Crippen LogP contribution is 2.27. The Morgan fingerprint density at radius 3 is 3.04 bits per heavy atom. The van der Waals surface area contributed by atoms with Crippen LogP contribution in [-0.2, 0) is 4.79 Å². The standard InChI is InChI=1S/C16H18N2O4S/c19-14(20)5-4-12-3-1-2-7-18(12)16(21)13-10-23-15(17-13)11-6-8-22-9-11/h6,8-10,12H,1-5,7H2,(H,19,20)/t12-/m1/s1. The second-order valence-corrected chi connectivity index (χ2v) is 6.49. The van der Waals surface area contributed by atoms with Crippen LogP contribution >= 0.6 is 11.3 Å². The highest BCUT2D eigenvalue weighted by atomic mass is 32.1. The van der Waals surface area contributed by atoms with Crippen molar-refractivity contribution in [2.45, 2.75) is 38.1 Å². The third kappa shape index (κ3) is 3.61. The van der Waals surface area contributed by atoms with Gasteiger partial charge in [-0.25, -0.2) is 4.98 Å². The van der Waals surface area contributed by atoms with E-state index in [2.05, 4.69) is 4.98 Å². The normalized spacial score (nSPS) is 18.1. The first kappa shape index (κ1) is 15.7. The first-order valence-corrected chi connectivity index (χ1v) is 8.54. The van der Waals surface area contributed by atoms with Gasteiger partial charge in [-0.2, -0.15) is 0 Å². The van der Waals surface area contributed by atoms with Gasteiger partial charge in [0, 0.05) is 30.0 Å². The van der Waals surface area contributed by atoms with Gasteiger partial charge in [0.2, 0.25) is 0 Å². The van der Waals surface area contributed by atoms with Gasteiger partial charge >= 0.3 is 5.97 Å². The molecule has 23 heavy (non-hydrogen) atoms. The number of thiazole rings is 1. The Morgan fingerprint density at radius 2 is 2.30 bits per heavy atom. The van der Waals surface area contributed by atoms with E-state index in [1.165, 1.54) is 11.3 Å². The summed E-state index contributed by atoms with van der Waals surface area (Å²) in [6.07, 6.45) is 6.61. The van der Waals surface area contributed by atoms with E-state index in [0.717, 1.165) is 29.8 Å². The van der Waals surface area contributed by atoms with Gasteiger partial charge in [-0.1, -0.05) is 0 Å². The number of aliphatic carboxylic acids is 1. The molecule has 122 valence electrons. The average Bonchev–Trinajstić information content (AvgIpc) is 3.23. The van der Waals surface area contributed by atoms with Crippen molar-refractivity contribution in [1.29, 1.82) is 0 Å². The number of piperidine rings is 1. The maximum Gasteiger partial charge on any atom is 0.303 e. The highest BCUT2D eigenvalue weighted by molar-refractivity contribution is 7.13. The fourth-order valence-electron chi connectivity index (χ4n) is 2.90. The van der Waals surface area contributed by atoms with Gasteiger partial charge in [-0.05, 0) is 31.7 Å². The molecule has 0 unspecified atom stereocenters. The number of rotatable bonds is 5. The molecule has 6 nitrogen and oxygen atoms in total. The Labute approximate surface area is 137 Å². The lowest BCUT2D eigenvalue weighted by Gasteiger charge is -2.35. The minimum Gasteiger partial charge on any atom is -0.481 e. The highest BCUT2D eigenvalue weighted by Gasteiger charge is 2.29. The Morgan fingerprint density at radius 1 is 1.43 bits per heavy atom. The zero-order chi connectivity index (χ0) is 16.2. The maximum absolute atomic E-state index is 12.7. The Bertz CT molecular complexity index is 680. The summed E-state index contributed by atoms with van der Waals surface area (Å²) in [7, 11) is 0. The molecule has 7 heteroatoms. The molecule has 1 atom stereocenters. The number of amides is 1. The number of hydrogen-bond donors (Lipinski definition) is 1. The van der Waals surface area contributed by atoms with E-state index >= 15 is 0 Å². The molecular formula is C16H18N2O4S. The SMILES string of the molecule is O=C(O)CC[C@H]1CCCCN1C(=O)c1csc(-c2ccoc2)n1. The van der Waals surface area contributed by atoms with E-state index < -0.39 is 5.97 Å². The second-order valence-electron chi connectivity index (χ2n) is 5.63. The predicted octanol–water partition coefficient (Wildman–Crippen LogP) is 3.26. The lowest BCUT2D eigenvalue weighted by molar-refractivity contribution is -0.137. The fourth-order valence-corrected chi connectivity index (χ4v) is 3.68. The van der Waals surface area contributed by atoms with Crippen LogP contribution in [0.25, 0.3) is 10.6 Å². The molecule has 2 aromatic heterocycles. The van der Waals surface area contributed by atoms with Gasteiger partial charge in [0.15, 0.2) is 0 Å². The molecule has 0 radical (unpaired) electrons. The van der Waals surface area contributed by atoms with Crippen molar-refractivity contribution in [3.63, 3.8) is 0 Å². The van der Waals surface area contributed by atoms with Crippen LogP contribution in [-0.4, -0.2) is 39.5 Å². The molecule has 1 amide bonds. The van der Waals surface area contributed by atoms with Crippen molar-refractivity contribution in [1.82, 2.24) is 9.88 Å². The largest absolute Gasteiger partial charge is 0.481 e. The van der Waals surface area contributed by atoms with Crippen LogP contribution in [0, 0.1) is 0 Å². The summed E-state index contributed by atoms with van der Waals surface area (Å²) < 4.78 is 5.04. The molecule has 1 fully saturated rings. The van der Waals surface area contributed by atoms with E-state index in [4.69, 9.17) is 9.52 Å². The van der Waals surface area contributed by atoms with Gasteiger partial charge in [0.05, 0.1) is 6.26 Å². The second kappa shape index (κ2) is 6.95. The topological polar surface area (TPSA) is 83.6 Å². The molecule has 0 saturated carbocycles. The van der Waals surface area contributed by atoms with Crippen molar-refractivity contribution in [3.05, 3.63) is 29.7 Å². The molecule has 0 aromatic carbocycles. The van der Waals surface area contributed by atoms with E-state index in [9.17, 15) is 9.59 Å². The number of carboxylic acids is 1. The molecule has 2 aromatic rings. The molecule has 1 aliphatic heterocycles. The van der Waals surface area contributed by atoms with Crippen molar-refractivity contribution in [2.24, 2.45) is 0 Å². The Balaban J connectivity index is 1.73. The van der Waals surface area contributed by atoms with Gasteiger partial charge in [-0.3, -0.25) is 9.59 Å². The van der Waals surface area contributed by atoms with Crippen LogP contribution in [0.15, 0.2) is 28.4 Å². The number of likely N-dealkylation sites (tertiary alicyclic amines) is 1. The number of nitrogens with zero attached hydrogens (tertiary/aromatic N) is 2. The summed E-state index contributed by atoms with van der Waals surface area (Å²) in [6, 6.07) is 1.80. The molecular weight excluding hydrogens is 316 g/mol. The van der Waals surface area contributed by atoms with Crippen LogP contribution in [0.5, 0.6) is 0 Å². The van der Waals surface area contributed by atoms with Crippen molar-refractivity contribution < 1.29 is 19.1 Å². The van der Waals surface area contributed by atoms with Gasteiger partial charge in [0.1, 0.15) is 17.0 Å². The maximum atomic E-state index is 12.7. The van der Waals surface area contributed by atoms with Crippen LogP contribution in [0.1, 0.15) is 42.6 Å². The van der Waals surface area contributed by atoms with Crippen molar-refractivity contribution in [2.75, 3.05) is 6.54 Å². The van der Waals surface area contributed by atoms with Crippen LogP contribution in [0.2, 0.25) is 0 Å². The summed E-state index contributed by atoms with van der Waals surface area (Å²) in [6.45, 7) is 0.668. The van der Waals surface area contributed by atoms with Crippen LogP contribution in [0.4, 0.5) is 0 Å². The van der Waals surface area contributed by atoms with E-state index in [1.54, 1.807) is 22.8 Å². The number of furan rings is 1. The molecule has 1 saturated heterocycles. The molecule has 3 heterocycles. The lowest BCUT2D eigenvalue weighted by atomic mass is 9.97. The summed E-state index contributed by atoms with van der Waals surface area (Å²) in [5, 5.41) is 11.4. The molecule has 0 bridgehead atoms. The van der Waals surface area contributed by atoms with Gasteiger partial charge < -0.3 is 14.4 Å². The first-order chi connectivity index (χ1) is 11.1. The monoisotopic (exact) mass is 334 g/mol. The van der Waals surface area contributed by atoms with Crippen LogP contribution < -0.4 is 0 Å². The minimum atomic E-state index is -0.820. The quantitative estimate of drug-likeness (QED) is 0.907. The van der Waals surface area contributed by atoms with Crippen molar-refractivity contribution >= 4 is 23.2 Å². The van der Waals surface area contributed by atoms with Crippen LogP contribution in [0.3, 0.4) is 0 Å². The van der Waals surface area contributed by atoms with Gasteiger partial charge in [-0.15, -0.1) is 11.3 Å². The van der Waals surface area contributed by atoms with Crippen molar-refractivity contribution in [3.8, 4) is 10.6 Å². The third-order valence-corrected chi connectivity index (χ3v) is 4.96. The number of carboxylic acid groups (broad SMARTS) is 1. The van der Waals surface area contributed by atoms with E-state index in [0.29, 0.717) is 18.7 Å². The molecule has 1 aliphatic rings. The Kier molecular flexibility index (Phi) is 4.76. The van der Waals surface area contributed by atoms with E-state index in [1.807, 2.05) is 6.07 Å². The first-order valence-electron chi connectivity index (χ1n) is 7.66. The number of aromatic nitrogens is 1. The molecule has 0 spiro atoms. The number of carbonyl (C=O) groups is 2. The number of carbonyl (C=O) groups excluding carboxylic acids is 1. The van der Waals surface area contributed by atoms with E-state index in [-0.39, 0.29) is 18.4 Å². The predicted molar refractivity (Wildman–Crippen MR) is 85.4 cm³/mol. The number of hydrogen-bond acceptors (Lipinski definition) is 5.